The maximum Gasteiger partial charge on any atom is 0.415 e. The highest BCUT2D eigenvalue weighted by molar-refractivity contribution is 6.35. The van der Waals surface area contributed by atoms with Gasteiger partial charge in [-0.2, -0.15) is 13.2 Å². The summed E-state index contributed by atoms with van der Waals surface area (Å²) in [6, 6.07) is 19.3. The van der Waals surface area contributed by atoms with E-state index in [1.807, 2.05) is 25.1 Å². The van der Waals surface area contributed by atoms with Crippen LogP contribution in [-0.2, 0) is 11.2 Å². The number of hydrogen-bond acceptors (Lipinski definition) is 3. The lowest BCUT2D eigenvalue weighted by molar-refractivity contribution is -0.112. The average Bonchev–Trinajstić information content (AvgIpc) is 3.78. The number of aryl methyl sites for hydroxylation is 1. The van der Waals surface area contributed by atoms with Gasteiger partial charge >= 0.3 is 6.18 Å². The highest BCUT2D eigenvalue weighted by Gasteiger charge is 2.32. The van der Waals surface area contributed by atoms with Crippen molar-refractivity contribution in [1.82, 2.24) is 5.32 Å². The zero-order valence-corrected chi connectivity index (χ0v) is 24.7. The fourth-order valence-electron chi connectivity index (χ4n) is 4.50. The minimum atomic E-state index is -4.72. The summed E-state index contributed by atoms with van der Waals surface area (Å²) in [5.74, 6) is -0.168. The van der Waals surface area contributed by atoms with Crippen molar-refractivity contribution < 1.29 is 18.0 Å². The highest BCUT2D eigenvalue weighted by atomic mass is 35.5. The van der Waals surface area contributed by atoms with Gasteiger partial charge in [0.2, 0.25) is 0 Å². The van der Waals surface area contributed by atoms with Gasteiger partial charge < -0.3 is 15.5 Å². The Morgan fingerprint density at radius 2 is 1.83 bits per heavy atom. The van der Waals surface area contributed by atoms with Gasteiger partial charge in [0.1, 0.15) is 5.70 Å². The highest BCUT2D eigenvalue weighted by Crippen LogP contribution is 2.35. The van der Waals surface area contributed by atoms with Gasteiger partial charge in [0.25, 0.3) is 5.91 Å². The number of benzene rings is 3. The molecule has 1 aliphatic rings. The van der Waals surface area contributed by atoms with Crippen molar-refractivity contribution in [3.8, 4) is 0 Å². The lowest BCUT2D eigenvalue weighted by Gasteiger charge is -2.25. The van der Waals surface area contributed by atoms with Gasteiger partial charge in [-0.25, -0.2) is 0 Å². The van der Waals surface area contributed by atoms with Crippen LogP contribution in [0.15, 0.2) is 103 Å². The largest absolute Gasteiger partial charge is 0.415 e. The number of halogens is 5. The van der Waals surface area contributed by atoms with Gasteiger partial charge in [-0.1, -0.05) is 73.6 Å². The first-order valence-electron chi connectivity index (χ1n) is 13.6. The second-order valence-corrected chi connectivity index (χ2v) is 11.0. The predicted molar refractivity (Wildman–Crippen MR) is 166 cm³/mol. The smallest absolute Gasteiger partial charge is 0.321 e. The first kappa shape index (κ1) is 31.4. The number of nitrogens with one attached hydrogen (secondary N) is 2. The van der Waals surface area contributed by atoms with Crippen LogP contribution in [0, 0.1) is 5.92 Å². The SMILES string of the molecule is C=CN(C(=CC(=C)C(F)(F)F)C(=O)Nc1cccc(C(NCC2CC2)c2ccc(Cl)cc2Cl)c1)c1cccc(CC)c1. The van der Waals surface area contributed by atoms with Crippen LogP contribution in [0.4, 0.5) is 24.5 Å². The van der Waals surface area contributed by atoms with Gasteiger partial charge in [0, 0.05) is 27.6 Å². The van der Waals surface area contributed by atoms with Crippen LogP contribution in [0.5, 0.6) is 0 Å². The number of hydrogen-bond donors (Lipinski definition) is 2. The zero-order chi connectivity index (χ0) is 30.4. The maximum atomic E-state index is 13.6. The molecular formula is C33H32Cl2F3N3O. The Morgan fingerprint density at radius 3 is 2.48 bits per heavy atom. The Labute approximate surface area is 254 Å². The summed E-state index contributed by atoms with van der Waals surface area (Å²) in [7, 11) is 0. The van der Waals surface area contributed by atoms with Crippen molar-refractivity contribution in [1.29, 1.82) is 0 Å². The van der Waals surface area contributed by atoms with Crippen LogP contribution in [0.1, 0.15) is 42.5 Å². The summed E-state index contributed by atoms with van der Waals surface area (Å²) in [6.45, 7) is 9.66. The number of carbonyl (C=O) groups is 1. The molecule has 0 aromatic heterocycles. The fraction of sp³-hybridized carbons (Fsp3) is 0.242. The van der Waals surface area contributed by atoms with Crippen molar-refractivity contribution in [2.75, 3.05) is 16.8 Å². The van der Waals surface area contributed by atoms with E-state index in [9.17, 15) is 18.0 Å². The van der Waals surface area contributed by atoms with Gasteiger partial charge in [-0.3, -0.25) is 4.79 Å². The number of allylic oxidation sites excluding steroid dienone is 2. The summed E-state index contributed by atoms with van der Waals surface area (Å²) in [5.41, 5.74) is 2.04. The normalized spacial score (nSPS) is 14.3. The third-order valence-corrected chi connectivity index (χ3v) is 7.57. The quantitative estimate of drug-likeness (QED) is 0.158. The van der Waals surface area contributed by atoms with Crippen molar-refractivity contribution in [2.24, 2.45) is 5.92 Å². The maximum absolute atomic E-state index is 13.6. The molecule has 0 heterocycles. The van der Waals surface area contributed by atoms with E-state index in [2.05, 4.69) is 23.8 Å². The molecule has 4 rings (SSSR count). The van der Waals surface area contributed by atoms with Crippen LogP contribution in [-0.4, -0.2) is 18.6 Å². The fourth-order valence-corrected chi connectivity index (χ4v) is 5.02. The molecule has 2 N–H and O–H groups in total. The molecule has 1 unspecified atom stereocenters. The molecule has 0 aliphatic heterocycles. The second-order valence-electron chi connectivity index (χ2n) is 10.2. The number of rotatable bonds is 12. The molecule has 42 heavy (non-hydrogen) atoms. The van der Waals surface area contributed by atoms with E-state index in [1.54, 1.807) is 48.5 Å². The van der Waals surface area contributed by atoms with Crippen LogP contribution in [0.25, 0.3) is 0 Å². The minimum absolute atomic E-state index is 0.282. The molecule has 1 atom stereocenters. The number of anilines is 2. The van der Waals surface area contributed by atoms with Gasteiger partial charge in [-0.15, -0.1) is 0 Å². The zero-order valence-electron chi connectivity index (χ0n) is 23.1. The van der Waals surface area contributed by atoms with Crippen molar-refractivity contribution in [3.63, 3.8) is 0 Å². The van der Waals surface area contributed by atoms with Crippen LogP contribution in [0.3, 0.4) is 0 Å². The Bertz CT molecular complexity index is 1500. The molecule has 0 bridgehead atoms. The number of carbonyl (C=O) groups excluding carboxylic acids is 1. The molecule has 1 amide bonds. The molecule has 1 aliphatic carbocycles. The van der Waals surface area contributed by atoms with Crippen molar-refractivity contribution in [2.45, 2.75) is 38.4 Å². The molecule has 1 saturated carbocycles. The molecule has 9 heteroatoms. The van der Waals surface area contributed by atoms with Gasteiger partial charge in [0.05, 0.1) is 11.6 Å². The second kappa shape index (κ2) is 13.6. The monoisotopic (exact) mass is 613 g/mol. The van der Waals surface area contributed by atoms with Crippen LogP contribution < -0.4 is 15.5 Å². The lowest BCUT2D eigenvalue weighted by Crippen LogP contribution is -2.28. The lowest BCUT2D eigenvalue weighted by atomic mass is 9.97. The van der Waals surface area contributed by atoms with E-state index in [0.717, 1.165) is 42.2 Å². The molecule has 1 fully saturated rings. The van der Waals surface area contributed by atoms with E-state index in [0.29, 0.717) is 33.8 Å². The van der Waals surface area contributed by atoms with E-state index < -0.39 is 17.7 Å². The predicted octanol–water partition coefficient (Wildman–Crippen LogP) is 9.24. The number of nitrogens with zero attached hydrogens (tertiary/aromatic N) is 1. The first-order valence-corrected chi connectivity index (χ1v) is 14.3. The topological polar surface area (TPSA) is 44.4 Å². The molecule has 220 valence electrons. The first-order chi connectivity index (χ1) is 20.0. The summed E-state index contributed by atoms with van der Waals surface area (Å²) in [6.07, 6.45) is 0.335. The Morgan fingerprint density at radius 1 is 1.10 bits per heavy atom. The Kier molecular flexibility index (Phi) is 10.2. The number of amides is 1. The Balaban J connectivity index is 1.68. The minimum Gasteiger partial charge on any atom is -0.321 e. The summed E-state index contributed by atoms with van der Waals surface area (Å²) in [5, 5.41) is 7.36. The van der Waals surface area contributed by atoms with E-state index in [1.165, 1.54) is 11.1 Å². The third kappa shape index (κ3) is 8.06. The van der Waals surface area contributed by atoms with Crippen LogP contribution in [0.2, 0.25) is 10.0 Å². The molecule has 4 nitrogen and oxygen atoms in total. The van der Waals surface area contributed by atoms with Crippen molar-refractivity contribution in [3.05, 3.63) is 130 Å². The Hall–Kier alpha value is -3.52. The molecule has 3 aromatic rings. The molecular weight excluding hydrogens is 582 g/mol. The number of alkyl halides is 3. The van der Waals surface area contributed by atoms with Gasteiger partial charge in [-0.05, 0) is 90.9 Å². The molecule has 3 aromatic carbocycles. The molecule has 0 spiro atoms. The standard InChI is InChI=1S/C33H32Cl2F3N3O/c1-4-22-8-6-11-27(17-22)41(5-2)30(16-21(3)33(36,37)38)32(42)40-26-10-7-9-24(18-26)31(39-20-23-12-13-23)28-15-14-25(34)19-29(28)35/h5-11,14-19,23,31,39H,2-4,12-13,20H2,1H3,(H,40,42). The van der Waals surface area contributed by atoms with E-state index in [4.69, 9.17) is 23.2 Å². The van der Waals surface area contributed by atoms with Crippen LogP contribution >= 0.6 is 23.2 Å². The average molecular weight is 615 g/mol. The third-order valence-electron chi connectivity index (χ3n) is 7.01. The van der Waals surface area contributed by atoms with E-state index in [-0.39, 0.29) is 11.7 Å². The summed E-state index contributed by atoms with van der Waals surface area (Å²) in [4.78, 5) is 15.0. The van der Waals surface area contributed by atoms with Crippen molar-refractivity contribution >= 4 is 40.5 Å². The summed E-state index contributed by atoms with van der Waals surface area (Å²) >= 11 is 12.7. The van der Waals surface area contributed by atoms with E-state index >= 15 is 0 Å². The molecule has 0 saturated heterocycles. The molecule has 0 radical (unpaired) electrons. The van der Waals surface area contributed by atoms with Gasteiger partial charge in [0.15, 0.2) is 0 Å². The summed E-state index contributed by atoms with van der Waals surface area (Å²) < 4.78 is 40.6.